The Kier molecular flexibility index (Phi) is 6.91. The van der Waals surface area contributed by atoms with Gasteiger partial charge < -0.3 is 9.64 Å². The Morgan fingerprint density at radius 3 is 1.79 bits per heavy atom. The topological polar surface area (TPSA) is 84.0 Å². The van der Waals surface area contributed by atoms with Gasteiger partial charge in [0.05, 0.1) is 13.2 Å². The highest BCUT2D eigenvalue weighted by Gasteiger charge is 2.47. The Hall–Kier alpha value is -2.03. The summed E-state index contributed by atoms with van der Waals surface area (Å²) in [6, 6.07) is 6.39. The number of allylic oxidation sites excluding steroid dienone is 2. The maximum Gasteiger partial charge on any atom is 0.249 e. The standard InChI is InChI=1S/C26H34N2O5S/c29-24-21-13-7-8-14-22(21)25(30)26(23(24)27-15-17-33-18-16-27)34(31,32)28(19-9-3-1-4-10-19)20-11-5-2-6-12-20/h7-8,13-14,19-20H,1-6,9-12,15-18H2. The lowest BCUT2D eigenvalue weighted by Gasteiger charge is -2.42. The van der Waals surface area contributed by atoms with Crippen molar-refractivity contribution in [3.63, 3.8) is 0 Å². The predicted molar refractivity (Wildman–Crippen MR) is 129 cm³/mol. The molecular weight excluding hydrogens is 452 g/mol. The van der Waals surface area contributed by atoms with E-state index in [2.05, 4.69) is 0 Å². The van der Waals surface area contributed by atoms with Crippen LogP contribution in [0.25, 0.3) is 0 Å². The summed E-state index contributed by atoms with van der Waals surface area (Å²) in [5, 5.41) is 0. The lowest BCUT2D eigenvalue weighted by Crippen LogP contribution is -2.51. The van der Waals surface area contributed by atoms with Crippen LogP contribution < -0.4 is 0 Å². The Balaban J connectivity index is 1.66. The third kappa shape index (κ3) is 4.25. The molecule has 8 heteroatoms. The Labute approximate surface area is 202 Å². The van der Waals surface area contributed by atoms with Gasteiger partial charge in [0.1, 0.15) is 5.70 Å². The van der Waals surface area contributed by atoms with E-state index in [1.807, 2.05) is 0 Å². The van der Waals surface area contributed by atoms with Crippen LogP contribution in [0.4, 0.5) is 0 Å². The molecule has 1 saturated heterocycles. The van der Waals surface area contributed by atoms with E-state index in [0.29, 0.717) is 26.3 Å². The number of ketones is 2. The highest BCUT2D eigenvalue weighted by Crippen LogP contribution is 2.39. The first-order valence-corrected chi connectivity index (χ1v) is 14.2. The predicted octanol–water partition coefficient (Wildman–Crippen LogP) is 3.91. The van der Waals surface area contributed by atoms with Crippen molar-refractivity contribution in [2.75, 3.05) is 26.3 Å². The SMILES string of the molecule is O=C1C(N2CCOCC2)=C(S(=O)(=O)N(C2CCCCC2)C2CCCCC2)C(=O)c2ccccc21. The van der Waals surface area contributed by atoms with Crippen LogP contribution in [0.5, 0.6) is 0 Å². The van der Waals surface area contributed by atoms with Gasteiger partial charge in [-0.2, -0.15) is 4.31 Å². The van der Waals surface area contributed by atoms with Crippen molar-refractivity contribution in [2.45, 2.75) is 76.3 Å². The van der Waals surface area contributed by atoms with Crippen molar-refractivity contribution in [1.82, 2.24) is 9.21 Å². The number of sulfonamides is 1. The van der Waals surface area contributed by atoms with Gasteiger partial charge in [0.2, 0.25) is 21.6 Å². The number of carbonyl (C=O) groups excluding carboxylic acids is 2. The average molecular weight is 487 g/mol. The number of fused-ring (bicyclic) bond motifs is 1. The van der Waals surface area contributed by atoms with Gasteiger partial charge in [0, 0.05) is 36.3 Å². The molecule has 5 rings (SSSR count). The maximum atomic E-state index is 14.5. The van der Waals surface area contributed by atoms with Crippen LogP contribution in [0.2, 0.25) is 0 Å². The smallest absolute Gasteiger partial charge is 0.249 e. The number of nitrogens with zero attached hydrogens (tertiary/aromatic N) is 2. The van der Waals surface area contributed by atoms with Crippen LogP contribution >= 0.6 is 0 Å². The molecule has 0 bridgehead atoms. The van der Waals surface area contributed by atoms with Crippen LogP contribution in [0.3, 0.4) is 0 Å². The van der Waals surface area contributed by atoms with E-state index in [1.54, 1.807) is 33.5 Å². The first-order chi connectivity index (χ1) is 16.5. The van der Waals surface area contributed by atoms with E-state index in [0.717, 1.165) is 64.2 Å². The molecule has 2 saturated carbocycles. The summed E-state index contributed by atoms with van der Waals surface area (Å²) in [7, 11) is -4.19. The highest BCUT2D eigenvalue weighted by atomic mass is 32.2. The lowest BCUT2D eigenvalue weighted by molar-refractivity contribution is 0.0498. The van der Waals surface area contributed by atoms with E-state index in [-0.39, 0.29) is 39.6 Å². The Morgan fingerprint density at radius 2 is 1.26 bits per heavy atom. The summed E-state index contributed by atoms with van der Waals surface area (Å²) in [5.41, 5.74) is 0.522. The Bertz CT molecular complexity index is 1060. The molecule has 0 unspecified atom stereocenters. The maximum absolute atomic E-state index is 14.5. The zero-order valence-electron chi connectivity index (χ0n) is 19.7. The molecule has 1 heterocycles. The monoisotopic (exact) mass is 486 g/mol. The zero-order valence-corrected chi connectivity index (χ0v) is 20.5. The fraction of sp³-hybridized carbons (Fsp3) is 0.615. The minimum atomic E-state index is -4.19. The molecule has 0 amide bonds. The van der Waals surface area contributed by atoms with Crippen molar-refractivity contribution in [3.8, 4) is 0 Å². The first kappa shape index (κ1) is 23.7. The molecule has 4 aliphatic rings. The van der Waals surface area contributed by atoms with E-state index in [9.17, 15) is 18.0 Å². The molecule has 0 radical (unpaired) electrons. The van der Waals surface area contributed by atoms with Gasteiger partial charge in [-0.05, 0) is 25.7 Å². The first-order valence-electron chi connectivity index (χ1n) is 12.8. The van der Waals surface area contributed by atoms with E-state index < -0.39 is 15.8 Å². The number of hydrogen-bond donors (Lipinski definition) is 0. The number of ether oxygens (including phenoxy) is 1. The van der Waals surface area contributed by atoms with E-state index in [1.165, 1.54) is 0 Å². The third-order valence-electron chi connectivity index (χ3n) is 7.78. The second kappa shape index (κ2) is 9.91. The molecule has 1 aromatic rings. The summed E-state index contributed by atoms with van der Waals surface area (Å²) in [6.45, 7) is 1.58. The molecule has 0 spiro atoms. The van der Waals surface area contributed by atoms with Crippen molar-refractivity contribution >= 4 is 21.6 Å². The molecule has 3 fully saturated rings. The molecule has 3 aliphatic carbocycles. The van der Waals surface area contributed by atoms with Gasteiger partial charge >= 0.3 is 0 Å². The second-order valence-electron chi connectivity index (χ2n) is 9.90. The summed E-state index contributed by atoms with van der Waals surface area (Å²) in [6.07, 6.45) is 9.46. The number of carbonyl (C=O) groups is 2. The number of benzene rings is 1. The largest absolute Gasteiger partial charge is 0.378 e. The fourth-order valence-electron chi connectivity index (χ4n) is 6.12. The van der Waals surface area contributed by atoms with Crippen molar-refractivity contribution in [3.05, 3.63) is 46.0 Å². The summed E-state index contributed by atoms with van der Waals surface area (Å²) in [4.78, 5) is 29.0. The fourth-order valence-corrected chi connectivity index (χ4v) is 8.35. The van der Waals surface area contributed by atoms with Crippen LogP contribution in [0, 0.1) is 0 Å². The normalized spacial score (nSPS) is 23.5. The van der Waals surface area contributed by atoms with Crippen LogP contribution in [0.1, 0.15) is 84.9 Å². The molecule has 0 atom stereocenters. The number of hydrogen-bond acceptors (Lipinski definition) is 6. The van der Waals surface area contributed by atoms with E-state index in [4.69, 9.17) is 4.74 Å². The molecule has 1 aliphatic heterocycles. The third-order valence-corrected chi connectivity index (χ3v) is 9.83. The van der Waals surface area contributed by atoms with Gasteiger partial charge in [0.15, 0.2) is 4.91 Å². The van der Waals surface area contributed by atoms with Crippen molar-refractivity contribution in [1.29, 1.82) is 0 Å². The molecular formula is C26H34N2O5S. The number of morpholine rings is 1. The van der Waals surface area contributed by atoms with Crippen LogP contribution in [-0.4, -0.2) is 67.6 Å². The van der Waals surface area contributed by atoms with Crippen molar-refractivity contribution < 1.29 is 22.7 Å². The van der Waals surface area contributed by atoms with Crippen molar-refractivity contribution in [2.24, 2.45) is 0 Å². The molecule has 1 aromatic carbocycles. The van der Waals surface area contributed by atoms with Crippen LogP contribution in [-0.2, 0) is 14.8 Å². The van der Waals surface area contributed by atoms with E-state index >= 15 is 0 Å². The molecule has 0 N–H and O–H groups in total. The Morgan fingerprint density at radius 1 is 0.765 bits per heavy atom. The lowest BCUT2D eigenvalue weighted by atomic mass is 9.91. The summed E-state index contributed by atoms with van der Waals surface area (Å²) >= 11 is 0. The van der Waals surface area contributed by atoms with Gasteiger partial charge in [0.25, 0.3) is 0 Å². The van der Waals surface area contributed by atoms with Crippen LogP contribution in [0.15, 0.2) is 34.9 Å². The minimum absolute atomic E-state index is 0.0450. The van der Waals surface area contributed by atoms with Gasteiger partial charge in [-0.3, -0.25) is 9.59 Å². The second-order valence-corrected chi connectivity index (χ2v) is 11.7. The molecule has 7 nitrogen and oxygen atoms in total. The van der Waals surface area contributed by atoms with Gasteiger partial charge in [-0.1, -0.05) is 62.8 Å². The number of Topliss-reactive ketones (excluding diaryl/α,β-unsaturated/α-hetero) is 2. The summed E-state index contributed by atoms with van der Waals surface area (Å²) in [5.74, 6) is -0.920. The highest BCUT2D eigenvalue weighted by molar-refractivity contribution is 7.94. The number of rotatable bonds is 5. The zero-order chi connectivity index (χ0) is 23.7. The average Bonchev–Trinajstić information content (AvgIpc) is 2.87. The molecule has 0 aromatic heterocycles. The summed E-state index contributed by atoms with van der Waals surface area (Å²) < 4.78 is 36.2. The van der Waals surface area contributed by atoms with Gasteiger partial charge in [-0.15, -0.1) is 0 Å². The molecule has 34 heavy (non-hydrogen) atoms. The van der Waals surface area contributed by atoms with Gasteiger partial charge in [-0.25, -0.2) is 8.42 Å². The molecule has 184 valence electrons. The quantitative estimate of drug-likeness (QED) is 0.628. The minimum Gasteiger partial charge on any atom is -0.378 e.